The monoisotopic (exact) mass is 344 g/mol. The maximum absolute atomic E-state index is 12.4. The quantitative estimate of drug-likeness (QED) is 0.846. The fraction of sp³-hybridized carbons (Fsp3) is 0.286. The van der Waals surface area contributed by atoms with Crippen molar-refractivity contribution in [1.82, 2.24) is 10.0 Å². The van der Waals surface area contributed by atoms with E-state index >= 15 is 0 Å². The lowest BCUT2D eigenvalue weighted by Gasteiger charge is -2.13. The molecular formula is C14H17ClN2O2S2. The number of nitrogens with one attached hydrogen (secondary N) is 2. The Kier molecular flexibility index (Phi) is 5.40. The molecule has 0 radical (unpaired) electrons. The lowest BCUT2D eigenvalue weighted by atomic mass is 10.2. The van der Waals surface area contributed by atoms with E-state index in [1.807, 2.05) is 19.2 Å². The van der Waals surface area contributed by atoms with Crippen molar-refractivity contribution in [3.8, 4) is 0 Å². The molecule has 4 nitrogen and oxygen atoms in total. The summed E-state index contributed by atoms with van der Waals surface area (Å²) in [5.41, 5.74) is 0.923. The van der Waals surface area contributed by atoms with Crippen molar-refractivity contribution >= 4 is 33.0 Å². The predicted molar refractivity (Wildman–Crippen MR) is 87.3 cm³/mol. The van der Waals surface area contributed by atoms with E-state index in [2.05, 4.69) is 10.0 Å². The third kappa shape index (κ3) is 4.28. The number of rotatable bonds is 6. The number of hydrogen-bond donors (Lipinski definition) is 2. The van der Waals surface area contributed by atoms with Crippen LogP contribution in [0.4, 0.5) is 0 Å². The molecular weight excluding hydrogens is 328 g/mol. The first-order chi connectivity index (χ1) is 9.92. The molecule has 7 heteroatoms. The molecule has 0 bridgehead atoms. The van der Waals surface area contributed by atoms with Crippen LogP contribution >= 0.6 is 22.9 Å². The van der Waals surface area contributed by atoms with Crippen LogP contribution in [0.25, 0.3) is 0 Å². The normalized spacial score (nSPS) is 13.3. The minimum Gasteiger partial charge on any atom is -0.316 e. The summed E-state index contributed by atoms with van der Waals surface area (Å²) in [5.74, 6) is 0. The molecule has 2 rings (SSSR count). The molecule has 0 saturated carbocycles. The van der Waals surface area contributed by atoms with Crippen LogP contribution in [-0.2, 0) is 16.6 Å². The Morgan fingerprint density at radius 1 is 1.29 bits per heavy atom. The van der Waals surface area contributed by atoms with Gasteiger partial charge in [-0.1, -0.05) is 23.7 Å². The summed E-state index contributed by atoms with van der Waals surface area (Å²) >= 11 is 7.25. The van der Waals surface area contributed by atoms with E-state index in [1.54, 1.807) is 31.2 Å². The standard InChI is InChI=1S/C14H17ClN2O2S2/c1-10(13-6-7-14(15)20-13)17-21(18,19)12-5-3-4-11(8-12)9-16-2/h3-8,10,16-17H,9H2,1-2H3. The molecule has 0 aliphatic carbocycles. The van der Waals surface area contributed by atoms with Crippen LogP contribution in [0.2, 0.25) is 4.34 Å². The Labute approximate surface area is 134 Å². The van der Waals surface area contributed by atoms with E-state index in [9.17, 15) is 8.42 Å². The van der Waals surface area contributed by atoms with Gasteiger partial charge >= 0.3 is 0 Å². The largest absolute Gasteiger partial charge is 0.316 e. The topological polar surface area (TPSA) is 58.2 Å². The average Bonchev–Trinajstić information content (AvgIpc) is 2.86. The van der Waals surface area contributed by atoms with Gasteiger partial charge in [0.05, 0.1) is 15.3 Å². The number of benzene rings is 1. The lowest BCUT2D eigenvalue weighted by Crippen LogP contribution is -2.26. The summed E-state index contributed by atoms with van der Waals surface area (Å²) in [5, 5.41) is 3.00. The Morgan fingerprint density at radius 2 is 2.05 bits per heavy atom. The van der Waals surface area contributed by atoms with Gasteiger partial charge in [-0.2, -0.15) is 0 Å². The third-order valence-electron chi connectivity index (χ3n) is 2.94. The number of hydrogen-bond acceptors (Lipinski definition) is 4. The summed E-state index contributed by atoms with van der Waals surface area (Å²) in [7, 11) is -1.73. The van der Waals surface area contributed by atoms with E-state index in [0.29, 0.717) is 10.9 Å². The zero-order valence-corrected chi connectivity index (χ0v) is 14.1. The molecule has 0 amide bonds. The minimum atomic E-state index is -3.55. The molecule has 2 N–H and O–H groups in total. The lowest BCUT2D eigenvalue weighted by molar-refractivity contribution is 0.568. The first-order valence-electron chi connectivity index (χ1n) is 6.43. The highest BCUT2D eigenvalue weighted by molar-refractivity contribution is 7.89. The van der Waals surface area contributed by atoms with Gasteiger partial charge in [-0.25, -0.2) is 13.1 Å². The molecule has 1 aromatic carbocycles. The molecule has 1 aromatic heterocycles. The van der Waals surface area contributed by atoms with Crippen LogP contribution in [0, 0.1) is 0 Å². The number of halogens is 1. The van der Waals surface area contributed by atoms with Crippen LogP contribution in [0.1, 0.15) is 23.4 Å². The van der Waals surface area contributed by atoms with Gasteiger partial charge < -0.3 is 5.32 Å². The summed E-state index contributed by atoms with van der Waals surface area (Å²) in [6.07, 6.45) is 0. The van der Waals surface area contributed by atoms with Crippen LogP contribution < -0.4 is 10.0 Å². The number of sulfonamides is 1. The zero-order chi connectivity index (χ0) is 15.5. The van der Waals surface area contributed by atoms with Gasteiger partial charge in [0.25, 0.3) is 0 Å². The highest BCUT2D eigenvalue weighted by atomic mass is 35.5. The molecule has 1 unspecified atom stereocenters. The van der Waals surface area contributed by atoms with Crippen molar-refractivity contribution in [2.24, 2.45) is 0 Å². The Hall–Kier alpha value is -0.920. The fourth-order valence-corrected chi connectivity index (χ4v) is 4.38. The molecule has 21 heavy (non-hydrogen) atoms. The molecule has 0 fully saturated rings. The Balaban J connectivity index is 2.19. The smallest absolute Gasteiger partial charge is 0.241 e. The number of thiophene rings is 1. The van der Waals surface area contributed by atoms with E-state index in [-0.39, 0.29) is 10.9 Å². The van der Waals surface area contributed by atoms with Gasteiger partial charge in [0.2, 0.25) is 10.0 Å². The van der Waals surface area contributed by atoms with Gasteiger partial charge in [0.1, 0.15) is 0 Å². The summed E-state index contributed by atoms with van der Waals surface area (Å²) in [6, 6.07) is 10.2. The Morgan fingerprint density at radius 3 is 2.67 bits per heavy atom. The minimum absolute atomic E-state index is 0.268. The average molecular weight is 345 g/mol. The third-order valence-corrected chi connectivity index (χ3v) is 5.89. The first kappa shape index (κ1) is 16.5. The molecule has 0 aliphatic heterocycles. The van der Waals surface area contributed by atoms with Gasteiger partial charge in [-0.15, -0.1) is 11.3 Å². The second kappa shape index (κ2) is 6.89. The molecule has 2 aromatic rings. The van der Waals surface area contributed by atoms with Crippen molar-refractivity contribution in [3.63, 3.8) is 0 Å². The van der Waals surface area contributed by atoms with Crippen LogP contribution in [-0.4, -0.2) is 15.5 Å². The van der Waals surface area contributed by atoms with Gasteiger partial charge in [0.15, 0.2) is 0 Å². The van der Waals surface area contributed by atoms with E-state index in [1.165, 1.54) is 11.3 Å². The molecule has 0 aliphatic rings. The van der Waals surface area contributed by atoms with Crippen molar-refractivity contribution in [2.75, 3.05) is 7.05 Å². The molecule has 1 atom stereocenters. The Bertz CT molecular complexity index is 713. The highest BCUT2D eigenvalue weighted by Crippen LogP contribution is 2.27. The van der Waals surface area contributed by atoms with Crippen molar-refractivity contribution in [3.05, 3.63) is 51.2 Å². The van der Waals surface area contributed by atoms with Gasteiger partial charge in [-0.05, 0) is 43.8 Å². The summed E-state index contributed by atoms with van der Waals surface area (Å²) < 4.78 is 28.2. The second-order valence-corrected chi connectivity index (χ2v) is 8.12. The maximum atomic E-state index is 12.4. The molecule has 0 saturated heterocycles. The van der Waals surface area contributed by atoms with E-state index < -0.39 is 10.0 Å². The highest BCUT2D eigenvalue weighted by Gasteiger charge is 2.19. The van der Waals surface area contributed by atoms with E-state index in [4.69, 9.17) is 11.6 Å². The van der Waals surface area contributed by atoms with Crippen LogP contribution in [0.15, 0.2) is 41.3 Å². The first-order valence-corrected chi connectivity index (χ1v) is 9.11. The van der Waals surface area contributed by atoms with Crippen molar-refractivity contribution in [1.29, 1.82) is 0 Å². The molecule has 0 spiro atoms. The second-order valence-electron chi connectivity index (χ2n) is 4.66. The van der Waals surface area contributed by atoms with Gasteiger partial charge in [0, 0.05) is 11.4 Å². The summed E-state index contributed by atoms with van der Waals surface area (Å²) in [6.45, 7) is 2.43. The maximum Gasteiger partial charge on any atom is 0.241 e. The zero-order valence-electron chi connectivity index (χ0n) is 11.8. The van der Waals surface area contributed by atoms with Crippen molar-refractivity contribution < 1.29 is 8.42 Å². The predicted octanol–water partition coefficient (Wildman–Crippen LogP) is 3.16. The molecule has 1 heterocycles. The van der Waals surface area contributed by atoms with Gasteiger partial charge in [-0.3, -0.25) is 0 Å². The van der Waals surface area contributed by atoms with Crippen LogP contribution in [0.3, 0.4) is 0 Å². The van der Waals surface area contributed by atoms with E-state index in [0.717, 1.165) is 10.4 Å². The SMILES string of the molecule is CNCc1cccc(S(=O)(=O)NC(C)c2ccc(Cl)s2)c1. The molecule has 114 valence electrons. The summed E-state index contributed by atoms with van der Waals surface area (Å²) in [4.78, 5) is 1.15. The van der Waals surface area contributed by atoms with Crippen LogP contribution in [0.5, 0.6) is 0 Å². The fourth-order valence-electron chi connectivity index (χ4n) is 1.95. The van der Waals surface area contributed by atoms with Crippen molar-refractivity contribution in [2.45, 2.75) is 24.4 Å².